The van der Waals surface area contributed by atoms with Crippen LogP contribution in [-0.2, 0) is 27.2 Å². The van der Waals surface area contributed by atoms with Crippen LogP contribution in [0.5, 0.6) is 0 Å². The third-order valence-electron chi connectivity index (χ3n) is 9.63. The number of hydrogen-bond donors (Lipinski definition) is 1. The summed E-state index contributed by atoms with van der Waals surface area (Å²) in [6.07, 6.45) is 6.28. The molecule has 2 aliphatic heterocycles. The second kappa shape index (κ2) is 14.9. The smallest absolute Gasteiger partial charge is 0.410 e. The minimum Gasteiger partial charge on any atom is -0.444 e. The van der Waals surface area contributed by atoms with Crippen molar-refractivity contribution >= 4 is 61.6 Å². The zero-order valence-corrected chi connectivity index (χ0v) is 33.5. The van der Waals surface area contributed by atoms with Gasteiger partial charge in [0.2, 0.25) is 5.91 Å². The van der Waals surface area contributed by atoms with Crippen LogP contribution in [0.1, 0.15) is 90.7 Å². The molecule has 2 aromatic heterocycles. The summed E-state index contributed by atoms with van der Waals surface area (Å²) in [7, 11) is 0. The zero-order chi connectivity index (χ0) is 37.5. The monoisotopic (exact) mass is 747 g/mol. The summed E-state index contributed by atoms with van der Waals surface area (Å²) in [5.74, 6) is -0.203. The van der Waals surface area contributed by atoms with Gasteiger partial charge in [-0.15, -0.1) is 29.3 Å². The topological polar surface area (TPSA) is 104 Å². The maximum atomic E-state index is 13.8. The number of benzene rings is 1. The zero-order valence-electron chi connectivity index (χ0n) is 31.8. The Labute approximate surface area is 315 Å². The fraction of sp³-hybridized carbons (Fsp3) is 0.550. The molecule has 1 aliphatic carbocycles. The lowest BCUT2D eigenvalue weighted by molar-refractivity contribution is -0.124. The van der Waals surface area contributed by atoms with Crippen molar-refractivity contribution < 1.29 is 23.9 Å². The average Bonchev–Trinajstić information content (AvgIpc) is 3.60. The van der Waals surface area contributed by atoms with Gasteiger partial charge in [0, 0.05) is 61.2 Å². The first kappa shape index (κ1) is 38.0. The molecule has 1 saturated carbocycles. The molecule has 0 spiro atoms. The molecule has 3 aromatic rings. The van der Waals surface area contributed by atoms with Crippen molar-refractivity contribution in [1.29, 1.82) is 0 Å². The van der Waals surface area contributed by atoms with Crippen molar-refractivity contribution in [3.63, 3.8) is 0 Å². The number of carbonyl (C=O) groups is 3. The molecule has 1 fully saturated rings. The van der Waals surface area contributed by atoms with Crippen LogP contribution in [0, 0.1) is 5.92 Å². The Kier molecular flexibility index (Phi) is 10.9. The van der Waals surface area contributed by atoms with E-state index in [0.717, 1.165) is 63.8 Å². The van der Waals surface area contributed by atoms with E-state index < -0.39 is 11.2 Å². The number of amides is 3. The number of fused-ring (bicyclic) bond motifs is 2. The Morgan fingerprint density at radius 2 is 1.79 bits per heavy atom. The van der Waals surface area contributed by atoms with Crippen molar-refractivity contribution in [1.82, 2.24) is 19.7 Å². The normalized spacial score (nSPS) is 19.5. The van der Waals surface area contributed by atoms with E-state index in [1.54, 1.807) is 32.5 Å². The lowest BCUT2D eigenvalue weighted by atomic mass is 9.78. The first-order chi connectivity index (χ1) is 24.5. The van der Waals surface area contributed by atoms with Gasteiger partial charge in [-0.1, -0.05) is 18.2 Å². The number of nitrogens with one attached hydrogen (secondary N) is 1. The number of anilines is 1. The first-order valence-corrected chi connectivity index (χ1v) is 20.0. The highest BCUT2D eigenvalue weighted by Gasteiger charge is 2.42. The summed E-state index contributed by atoms with van der Waals surface area (Å²) in [6.45, 7) is 22.8. The highest BCUT2D eigenvalue weighted by molar-refractivity contribution is 7.23. The van der Waals surface area contributed by atoms with E-state index in [1.807, 2.05) is 61.5 Å². The van der Waals surface area contributed by atoms with E-state index in [0.29, 0.717) is 25.9 Å². The van der Waals surface area contributed by atoms with Crippen molar-refractivity contribution in [2.45, 2.75) is 111 Å². The average molecular weight is 748 g/mol. The number of carbonyl (C=O) groups excluding carboxylic acids is 3. The summed E-state index contributed by atoms with van der Waals surface area (Å²) < 4.78 is 12.3. The minimum absolute atomic E-state index is 0.0139. The highest BCUT2D eigenvalue weighted by Crippen LogP contribution is 2.47. The molecule has 3 aliphatic rings. The number of ether oxygens (including phenoxy) is 2. The summed E-state index contributed by atoms with van der Waals surface area (Å²) in [5.41, 5.74) is 4.46. The van der Waals surface area contributed by atoms with Gasteiger partial charge in [-0.2, -0.15) is 0 Å². The molecule has 280 valence electrons. The van der Waals surface area contributed by atoms with Gasteiger partial charge >= 0.3 is 12.2 Å². The lowest BCUT2D eigenvalue weighted by Crippen LogP contribution is -2.54. The second-order valence-electron chi connectivity index (χ2n) is 16.4. The van der Waals surface area contributed by atoms with E-state index in [1.165, 1.54) is 16.0 Å². The molecular weight excluding hydrogens is 695 g/mol. The van der Waals surface area contributed by atoms with Crippen LogP contribution < -0.4 is 5.32 Å². The third kappa shape index (κ3) is 8.55. The minimum atomic E-state index is -0.582. The molecule has 0 saturated heterocycles. The largest absolute Gasteiger partial charge is 0.444 e. The Balaban J connectivity index is 1.22. The molecule has 52 heavy (non-hydrogen) atoms. The fourth-order valence-corrected chi connectivity index (χ4v) is 9.55. The SMILES string of the molecule is C=CCN1CCc2c(sc(NC(=O)C3CC(N(C(=O)OC(C)(C)C)C(C)C)C3)c2-c2nc3ccc(C4=CCN(C(=O)OC(C)(C)C)CC4)cc3s2)C1. The molecule has 0 radical (unpaired) electrons. The lowest BCUT2D eigenvalue weighted by Gasteiger charge is -2.44. The molecule has 4 heterocycles. The molecular formula is C40H53N5O5S2. The molecule has 0 bridgehead atoms. The predicted octanol–water partition coefficient (Wildman–Crippen LogP) is 8.96. The van der Waals surface area contributed by atoms with Gasteiger partial charge < -0.3 is 24.6 Å². The molecule has 10 nitrogen and oxygen atoms in total. The number of rotatable bonds is 8. The van der Waals surface area contributed by atoms with E-state index >= 15 is 0 Å². The number of thiazole rings is 1. The molecule has 0 atom stereocenters. The maximum absolute atomic E-state index is 13.8. The maximum Gasteiger partial charge on any atom is 0.410 e. The summed E-state index contributed by atoms with van der Waals surface area (Å²) in [6, 6.07) is 6.33. The van der Waals surface area contributed by atoms with Crippen LogP contribution in [0.3, 0.4) is 0 Å². The van der Waals surface area contributed by atoms with E-state index in [-0.39, 0.29) is 36.1 Å². The number of thiophene rings is 1. The predicted molar refractivity (Wildman–Crippen MR) is 211 cm³/mol. The van der Waals surface area contributed by atoms with Crippen LogP contribution in [0.4, 0.5) is 14.6 Å². The van der Waals surface area contributed by atoms with E-state index in [4.69, 9.17) is 14.5 Å². The van der Waals surface area contributed by atoms with Crippen molar-refractivity contribution in [2.75, 3.05) is 31.5 Å². The van der Waals surface area contributed by atoms with Gasteiger partial charge in [0.15, 0.2) is 0 Å². The second-order valence-corrected chi connectivity index (χ2v) is 18.5. The van der Waals surface area contributed by atoms with Crippen LogP contribution in [0.15, 0.2) is 36.9 Å². The van der Waals surface area contributed by atoms with Crippen LogP contribution >= 0.6 is 22.7 Å². The number of aromatic nitrogens is 1. The summed E-state index contributed by atoms with van der Waals surface area (Å²) >= 11 is 3.31. The third-order valence-corrected chi connectivity index (χ3v) is 11.8. The van der Waals surface area contributed by atoms with Gasteiger partial charge in [0.25, 0.3) is 0 Å². The van der Waals surface area contributed by atoms with E-state index in [9.17, 15) is 14.4 Å². The van der Waals surface area contributed by atoms with E-state index in [2.05, 4.69) is 41.1 Å². The molecule has 1 N–H and O–H groups in total. The Morgan fingerprint density at radius 3 is 2.42 bits per heavy atom. The van der Waals surface area contributed by atoms with Crippen LogP contribution in [-0.4, -0.2) is 87.2 Å². The quantitative estimate of drug-likeness (QED) is 0.230. The Morgan fingerprint density at radius 1 is 1.06 bits per heavy atom. The van der Waals surface area contributed by atoms with Gasteiger partial charge in [-0.3, -0.25) is 9.69 Å². The molecule has 12 heteroatoms. The summed E-state index contributed by atoms with van der Waals surface area (Å²) in [4.78, 5) is 51.7. The summed E-state index contributed by atoms with van der Waals surface area (Å²) in [5, 5.41) is 5.09. The van der Waals surface area contributed by atoms with Crippen molar-refractivity contribution in [3.05, 3.63) is 52.9 Å². The van der Waals surface area contributed by atoms with Gasteiger partial charge in [0.05, 0.1) is 10.2 Å². The van der Waals surface area contributed by atoms with Crippen LogP contribution in [0.25, 0.3) is 26.4 Å². The van der Waals surface area contributed by atoms with Gasteiger partial charge in [0.1, 0.15) is 21.2 Å². The number of hydrogen-bond acceptors (Lipinski definition) is 9. The van der Waals surface area contributed by atoms with Gasteiger partial charge in [-0.05, 0) is 110 Å². The van der Waals surface area contributed by atoms with Crippen molar-refractivity contribution in [2.24, 2.45) is 5.92 Å². The number of nitrogens with zero attached hydrogens (tertiary/aromatic N) is 4. The van der Waals surface area contributed by atoms with Gasteiger partial charge in [-0.25, -0.2) is 14.6 Å². The fourth-order valence-electron chi connectivity index (χ4n) is 7.10. The molecule has 1 aromatic carbocycles. The molecule has 3 amide bonds. The Hall–Kier alpha value is -3.74. The molecule has 0 unspecified atom stereocenters. The Bertz CT molecular complexity index is 1870. The highest BCUT2D eigenvalue weighted by atomic mass is 32.1. The van der Waals surface area contributed by atoms with Crippen molar-refractivity contribution in [3.8, 4) is 10.6 Å². The standard InChI is InChI=1S/C40H53N5O5S2/c1-10-16-43-17-15-29-32(23-43)52-36(42-34(46)27-20-28(21-27)45(24(2)3)38(48)50-40(7,8)9)33(29)35-41-30-12-11-26(22-31(30)51-35)25-13-18-44(19-14-25)37(47)49-39(4,5)6/h10-13,22,24,27-28H,1,14-21,23H2,2-9H3,(H,42,46). The first-order valence-electron chi connectivity index (χ1n) is 18.4. The van der Waals surface area contributed by atoms with Crippen LogP contribution in [0.2, 0.25) is 0 Å². The molecule has 6 rings (SSSR count).